The molecule has 2 rings (SSSR count). The molecule has 1 aromatic carbocycles. The zero-order chi connectivity index (χ0) is 15.8. The SMILES string of the molecule is FC(F)(F)c1ccc(C2CNCCNCCNCCN2)cc1. The van der Waals surface area contributed by atoms with Crippen molar-refractivity contribution in [2.45, 2.75) is 12.2 Å². The molecule has 1 fully saturated rings. The van der Waals surface area contributed by atoms with E-state index in [0.29, 0.717) is 6.54 Å². The summed E-state index contributed by atoms with van der Waals surface area (Å²) < 4.78 is 37.9. The fraction of sp³-hybridized carbons (Fsp3) is 0.600. The molecule has 1 atom stereocenters. The number of hydrogen-bond donors (Lipinski definition) is 4. The van der Waals surface area contributed by atoms with E-state index < -0.39 is 11.7 Å². The first-order valence-electron chi connectivity index (χ1n) is 7.60. The third kappa shape index (κ3) is 5.57. The van der Waals surface area contributed by atoms with Crippen LogP contribution in [0, 0.1) is 0 Å². The second-order valence-electron chi connectivity index (χ2n) is 5.33. The summed E-state index contributed by atoms with van der Waals surface area (Å²) in [5.74, 6) is 0. The van der Waals surface area contributed by atoms with Crippen molar-refractivity contribution in [2.24, 2.45) is 0 Å². The van der Waals surface area contributed by atoms with Crippen molar-refractivity contribution in [3.63, 3.8) is 0 Å². The van der Waals surface area contributed by atoms with Gasteiger partial charge in [0.1, 0.15) is 0 Å². The van der Waals surface area contributed by atoms with Gasteiger partial charge in [0.15, 0.2) is 0 Å². The predicted octanol–water partition coefficient (Wildman–Crippen LogP) is 1.12. The van der Waals surface area contributed by atoms with Gasteiger partial charge in [-0.15, -0.1) is 0 Å². The molecule has 4 nitrogen and oxygen atoms in total. The highest BCUT2D eigenvalue weighted by molar-refractivity contribution is 5.27. The quantitative estimate of drug-likeness (QED) is 0.627. The summed E-state index contributed by atoms with van der Waals surface area (Å²) in [4.78, 5) is 0. The molecule has 1 saturated heterocycles. The Morgan fingerprint density at radius 3 is 1.91 bits per heavy atom. The normalized spacial score (nSPS) is 22.6. The summed E-state index contributed by atoms with van der Waals surface area (Å²) in [6.45, 7) is 5.84. The second kappa shape index (κ2) is 8.47. The highest BCUT2D eigenvalue weighted by atomic mass is 19.4. The highest BCUT2D eigenvalue weighted by Crippen LogP contribution is 2.29. The van der Waals surface area contributed by atoms with Crippen LogP contribution in [0.15, 0.2) is 24.3 Å². The number of hydrogen-bond acceptors (Lipinski definition) is 4. The molecule has 1 unspecified atom stereocenters. The zero-order valence-electron chi connectivity index (χ0n) is 12.5. The van der Waals surface area contributed by atoms with Gasteiger partial charge in [-0.1, -0.05) is 12.1 Å². The van der Waals surface area contributed by atoms with Crippen molar-refractivity contribution in [1.82, 2.24) is 21.3 Å². The molecule has 1 heterocycles. The van der Waals surface area contributed by atoms with Crippen molar-refractivity contribution in [3.8, 4) is 0 Å². The van der Waals surface area contributed by atoms with Gasteiger partial charge in [0.05, 0.1) is 5.56 Å². The monoisotopic (exact) mass is 316 g/mol. The minimum atomic E-state index is -4.29. The number of nitrogens with one attached hydrogen (secondary N) is 4. The largest absolute Gasteiger partial charge is 0.416 e. The van der Waals surface area contributed by atoms with Gasteiger partial charge in [-0.2, -0.15) is 13.2 Å². The topological polar surface area (TPSA) is 48.1 Å². The molecule has 0 aliphatic carbocycles. The van der Waals surface area contributed by atoms with Crippen molar-refractivity contribution in [1.29, 1.82) is 0 Å². The summed E-state index contributed by atoms with van der Waals surface area (Å²) >= 11 is 0. The lowest BCUT2D eigenvalue weighted by Crippen LogP contribution is -2.41. The van der Waals surface area contributed by atoms with Crippen molar-refractivity contribution < 1.29 is 13.2 Å². The lowest BCUT2D eigenvalue weighted by atomic mass is 10.0. The van der Waals surface area contributed by atoms with Gasteiger partial charge in [0.25, 0.3) is 0 Å². The molecule has 0 amide bonds. The van der Waals surface area contributed by atoms with E-state index in [1.807, 2.05) is 0 Å². The van der Waals surface area contributed by atoms with E-state index in [1.54, 1.807) is 12.1 Å². The Morgan fingerprint density at radius 2 is 1.32 bits per heavy atom. The minimum Gasteiger partial charge on any atom is -0.314 e. The fourth-order valence-corrected chi connectivity index (χ4v) is 2.40. The van der Waals surface area contributed by atoms with Crippen LogP contribution in [0.1, 0.15) is 17.2 Å². The van der Waals surface area contributed by atoms with E-state index in [4.69, 9.17) is 0 Å². The summed E-state index contributed by atoms with van der Waals surface area (Å²) in [5.41, 5.74) is 0.258. The summed E-state index contributed by atoms with van der Waals surface area (Å²) in [6, 6.07) is 5.41. The average molecular weight is 316 g/mol. The second-order valence-corrected chi connectivity index (χ2v) is 5.33. The third-order valence-corrected chi connectivity index (χ3v) is 3.64. The van der Waals surface area contributed by atoms with Crippen molar-refractivity contribution in [3.05, 3.63) is 35.4 Å². The predicted molar refractivity (Wildman–Crippen MR) is 80.8 cm³/mol. The van der Waals surface area contributed by atoms with E-state index in [1.165, 1.54) is 0 Å². The first-order valence-corrected chi connectivity index (χ1v) is 7.60. The average Bonchev–Trinajstić information content (AvgIpc) is 2.47. The van der Waals surface area contributed by atoms with Crippen molar-refractivity contribution in [2.75, 3.05) is 45.8 Å². The Kier molecular flexibility index (Phi) is 6.63. The van der Waals surface area contributed by atoms with Crippen LogP contribution in [0.25, 0.3) is 0 Å². The molecule has 7 heteroatoms. The lowest BCUT2D eigenvalue weighted by molar-refractivity contribution is -0.137. The van der Waals surface area contributed by atoms with Gasteiger partial charge < -0.3 is 21.3 Å². The maximum Gasteiger partial charge on any atom is 0.416 e. The van der Waals surface area contributed by atoms with Crippen LogP contribution in [0.5, 0.6) is 0 Å². The van der Waals surface area contributed by atoms with Gasteiger partial charge in [-0.3, -0.25) is 0 Å². The first kappa shape index (κ1) is 17.2. The first-order chi connectivity index (χ1) is 10.6. The molecule has 124 valence electrons. The van der Waals surface area contributed by atoms with Gasteiger partial charge >= 0.3 is 6.18 Å². The standard InChI is InChI=1S/C15H23F3N4/c16-15(17,18)13-3-1-12(2-4-13)14-11-21-8-7-19-5-6-20-9-10-22-14/h1-4,14,19-22H,5-11H2. The molecular formula is C15H23F3N4. The van der Waals surface area contributed by atoms with Gasteiger partial charge in [0, 0.05) is 51.9 Å². The molecule has 0 spiro atoms. The van der Waals surface area contributed by atoms with E-state index in [9.17, 15) is 13.2 Å². The summed E-state index contributed by atoms with van der Waals surface area (Å²) in [5, 5.41) is 13.3. The molecule has 1 aromatic rings. The molecule has 1 aliphatic heterocycles. The third-order valence-electron chi connectivity index (χ3n) is 3.64. The molecule has 0 aromatic heterocycles. The number of alkyl halides is 3. The van der Waals surface area contributed by atoms with Crippen LogP contribution < -0.4 is 21.3 Å². The minimum absolute atomic E-state index is 0.00325. The van der Waals surface area contributed by atoms with Gasteiger partial charge in [0.2, 0.25) is 0 Å². The molecule has 1 aliphatic rings. The lowest BCUT2D eigenvalue weighted by Gasteiger charge is -2.22. The van der Waals surface area contributed by atoms with E-state index in [-0.39, 0.29) is 6.04 Å². The zero-order valence-corrected chi connectivity index (χ0v) is 12.5. The van der Waals surface area contributed by atoms with Crippen LogP contribution >= 0.6 is 0 Å². The highest BCUT2D eigenvalue weighted by Gasteiger charge is 2.30. The molecule has 0 radical (unpaired) electrons. The van der Waals surface area contributed by atoms with E-state index >= 15 is 0 Å². The van der Waals surface area contributed by atoms with Crippen LogP contribution in [-0.2, 0) is 6.18 Å². The van der Waals surface area contributed by atoms with E-state index in [2.05, 4.69) is 21.3 Å². The summed E-state index contributed by atoms with van der Waals surface area (Å²) in [6.07, 6.45) is -4.29. The van der Waals surface area contributed by atoms with Crippen LogP contribution in [0.4, 0.5) is 13.2 Å². The Bertz CT molecular complexity index is 421. The summed E-state index contributed by atoms with van der Waals surface area (Å²) in [7, 11) is 0. The fourth-order valence-electron chi connectivity index (χ4n) is 2.40. The van der Waals surface area contributed by atoms with Crippen LogP contribution in [-0.4, -0.2) is 45.8 Å². The maximum absolute atomic E-state index is 12.6. The molecule has 0 bridgehead atoms. The van der Waals surface area contributed by atoms with Crippen LogP contribution in [0.3, 0.4) is 0 Å². The molecule has 0 saturated carbocycles. The van der Waals surface area contributed by atoms with Gasteiger partial charge in [-0.25, -0.2) is 0 Å². The number of rotatable bonds is 1. The van der Waals surface area contributed by atoms with E-state index in [0.717, 1.165) is 57.0 Å². The Hall–Kier alpha value is -1.15. The number of halogens is 3. The molecule has 22 heavy (non-hydrogen) atoms. The smallest absolute Gasteiger partial charge is 0.314 e. The van der Waals surface area contributed by atoms with Crippen LogP contribution in [0.2, 0.25) is 0 Å². The van der Waals surface area contributed by atoms with Gasteiger partial charge in [-0.05, 0) is 17.7 Å². The molecule has 4 N–H and O–H groups in total. The maximum atomic E-state index is 12.6. The molecular weight excluding hydrogens is 293 g/mol. The van der Waals surface area contributed by atoms with Crippen molar-refractivity contribution >= 4 is 0 Å². The Labute approximate surface area is 128 Å². The number of benzene rings is 1. The Morgan fingerprint density at radius 1 is 0.773 bits per heavy atom. The Balaban J connectivity index is 1.99.